The van der Waals surface area contributed by atoms with E-state index in [1.807, 2.05) is 60.7 Å². The highest BCUT2D eigenvalue weighted by Crippen LogP contribution is 2.51. The molecule has 10 rings (SSSR count). The van der Waals surface area contributed by atoms with Crippen molar-refractivity contribution >= 4 is 57.9 Å². The van der Waals surface area contributed by atoms with Crippen molar-refractivity contribution in [2.75, 3.05) is 14.1 Å². The maximum absolute atomic E-state index is 13.5. The van der Waals surface area contributed by atoms with Gasteiger partial charge in [0.25, 0.3) is 11.8 Å². The third kappa shape index (κ3) is 9.02. The number of fused-ring (bicyclic) bond motifs is 4. The molecule has 0 radical (unpaired) electrons. The Kier molecular flexibility index (Phi) is 13.6. The second-order valence-electron chi connectivity index (χ2n) is 18.0. The van der Waals surface area contributed by atoms with Gasteiger partial charge in [-0.1, -0.05) is 90.9 Å². The van der Waals surface area contributed by atoms with Crippen LogP contribution in [0.3, 0.4) is 0 Å². The van der Waals surface area contributed by atoms with E-state index in [2.05, 4.69) is 25.8 Å². The van der Waals surface area contributed by atoms with Crippen LogP contribution >= 0.6 is 15.9 Å². The number of guanidine groups is 2. The number of carbonyl (C=O) groups is 2. The highest BCUT2D eigenvalue weighted by Gasteiger charge is 2.56. The lowest BCUT2D eigenvalue weighted by Gasteiger charge is -2.41. The minimum absolute atomic E-state index is 0.0194. The number of carbonyl (C=O) groups excluding carboxylic acids is 2. The molecule has 2 fully saturated rings. The van der Waals surface area contributed by atoms with Crippen LogP contribution in [0.15, 0.2) is 99.4 Å². The topological polar surface area (TPSA) is 204 Å². The molecule has 2 amide bonds. The Morgan fingerprint density at radius 1 is 0.742 bits per heavy atom. The molecular weight excluding hydrogens is 899 g/mol. The standard InChI is InChI=1S/C25H26N4O2.C18H22BrN3O2.C7H6BNO2/c1-27-19-10-6-9-17(13-19)18-11-12-21-20(14-18)25(23(30)29(2)24(26)28-25)15-22(31-21)16-7-4-3-5-8-16;1-22-16(23)18(21-17(22)20)10-15(11-5-3-2-4-6-11)24-14-8-7-12(19)9-13(14)18;9-5-6-2-1-3-7(4-6)8(10)11/h6,9-14,16,22H,3-5,7-8,15H2,2H3,(H2,26,28);7-9,11,15H,2-6,10H2,1H3,(H2,20,21);1-4,10-11H. The fourth-order valence-corrected chi connectivity index (χ4v) is 10.7. The Labute approximate surface area is 394 Å². The number of nitriles is 1. The summed E-state index contributed by atoms with van der Waals surface area (Å²) in [5, 5.41) is 25.8. The molecule has 4 aromatic carbocycles. The Bertz CT molecular complexity index is 2650. The number of aliphatic imine (C=N–C) groups is 2. The Hall–Kier alpha value is -6.20. The molecule has 0 aromatic heterocycles. The first kappa shape index (κ1) is 46.3. The minimum Gasteiger partial charge on any atom is -0.490 e. The van der Waals surface area contributed by atoms with Crippen molar-refractivity contribution in [1.29, 1.82) is 5.26 Å². The summed E-state index contributed by atoms with van der Waals surface area (Å²) in [6.45, 7) is 7.30. The molecule has 66 heavy (non-hydrogen) atoms. The summed E-state index contributed by atoms with van der Waals surface area (Å²) in [4.78, 5) is 42.4. The summed E-state index contributed by atoms with van der Waals surface area (Å²) in [5.41, 5.74) is 14.9. The first-order valence-electron chi connectivity index (χ1n) is 22.7. The van der Waals surface area contributed by atoms with E-state index in [0.717, 1.165) is 58.2 Å². The van der Waals surface area contributed by atoms with Crippen molar-refractivity contribution in [1.82, 2.24) is 9.80 Å². The molecule has 2 spiro atoms. The van der Waals surface area contributed by atoms with E-state index >= 15 is 0 Å². The molecule has 14 nitrogen and oxygen atoms in total. The van der Waals surface area contributed by atoms with Crippen molar-refractivity contribution in [2.24, 2.45) is 33.3 Å². The number of nitrogens with two attached hydrogens (primary N) is 2. The molecule has 2 saturated carbocycles. The van der Waals surface area contributed by atoms with Crippen LogP contribution in [0.1, 0.15) is 93.7 Å². The van der Waals surface area contributed by atoms with Crippen LogP contribution in [0.2, 0.25) is 0 Å². The van der Waals surface area contributed by atoms with Gasteiger partial charge in [-0.25, -0.2) is 14.8 Å². The number of halogens is 1. The molecule has 6 aliphatic rings. The molecule has 4 heterocycles. The Balaban J connectivity index is 0.000000149. The average Bonchev–Trinajstić information content (AvgIpc) is 3.69. The van der Waals surface area contributed by atoms with Gasteiger partial charge < -0.3 is 31.0 Å². The molecule has 6 N–H and O–H groups in total. The van der Waals surface area contributed by atoms with Crippen LogP contribution in [0, 0.1) is 29.7 Å². The van der Waals surface area contributed by atoms with Gasteiger partial charge in [0.05, 0.1) is 18.2 Å². The number of benzene rings is 4. The van der Waals surface area contributed by atoms with Crippen LogP contribution in [0.25, 0.3) is 16.0 Å². The van der Waals surface area contributed by atoms with Crippen LogP contribution in [-0.4, -0.2) is 77.0 Å². The zero-order valence-electron chi connectivity index (χ0n) is 37.2. The molecule has 2 aliphatic carbocycles. The van der Waals surface area contributed by atoms with Gasteiger partial charge in [-0.05, 0) is 103 Å². The first-order chi connectivity index (χ1) is 31.8. The molecule has 4 atom stereocenters. The summed E-state index contributed by atoms with van der Waals surface area (Å²) in [5.74, 6) is 2.79. The van der Waals surface area contributed by atoms with Crippen molar-refractivity contribution in [3.05, 3.63) is 118 Å². The molecule has 0 bridgehead atoms. The van der Waals surface area contributed by atoms with Gasteiger partial charge >= 0.3 is 7.12 Å². The van der Waals surface area contributed by atoms with E-state index in [1.54, 1.807) is 38.4 Å². The molecule has 0 saturated heterocycles. The SMILES string of the molecule is CN1C(=O)C2(CC(C3CCCCC3)Oc3ccc(Br)cc32)N=C1N.N#Cc1cccc(B(O)O)c1.[C-]#[N+]c1cccc(-c2ccc3c(c2)C2(CC(C4CCCCC4)O3)N=C(N)N(C)C2=O)c1. The third-order valence-electron chi connectivity index (χ3n) is 14.0. The van der Waals surface area contributed by atoms with Gasteiger partial charge in [-0.3, -0.25) is 19.4 Å². The van der Waals surface area contributed by atoms with Crippen LogP contribution in [-0.2, 0) is 20.7 Å². The summed E-state index contributed by atoms with van der Waals surface area (Å²) in [6, 6.07) is 27.3. The fraction of sp³-hybridized carbons (Fsp3) is 0.400. The number of ether oxygens (including phenoxy) is 2. The van der Waals surface area contributed by atoms with Gasteiger partial charge in [-0.2, -0.15) is 5.26 Å². The predicted octanol–water partition coefficient (Wildman–Crippen LogP) is 7.02. The van der Waals surface area contributed by atoms with Gasteiger partial charge in [0.2, 0.25) is 0 Å². The number of hydrogen-bond donors (Lipinski definition) is 4. The van der Waals surface area contributed by atoms with Crippen molar-refractivity contribution in [3.8, 4) is 28.7 Å². The van der Waals surface area contributed by atoms with Crippen LogP contribution < -0.4 is 26.4 Å². The van der Waals surface area contributed by atoms with E-state index in [9.17, 15) is 9.59 Å². The number of rotatable bonds is 4. The number of likely N-dealkylation sites (N-methyl/N-ethyl adjacent to an activating group) is 2. The normalized spacial score (nSPS) is 24.5. The Morgan fingerprint density at radius 3 is 1.76 bits per heavy atom. The Morgan fingerprint density at radius 2 is 1.26 bits per heavy atom. The van der Waals surface area contributed by atoms with Crippen molar-refractivity contribution in [2.45, 2.75) is 100 Å². The van der Waals surface area contributed by atoms with Gasteiger partial charge in [0.1, 0.15) is 23.7 Å². The van der Waals surface area contributed by atoms with E-state index in [4.69, 9.17) is 47.8 Å². The highest BCUT2D eigenvalue weighted by molar-refractivity contribution is 9.10. The predicted molar refractivity (Wildman–Crippen MR) is 257 cm³/mol. The van der Waals surface area contributed by atoms with Crippen molar-refractivity contribution < 1.29 is 29.1 Å². The summed E-state index contributed by atoms with van der Waals surface area (Å²) in [7, 11) is 1.88. The maximum Gasteiger partial charge on any atom is 0.488 e. The van der Waals surface area contributed by atoms with E-state index < -0.39 is 18.2 Å². The lowest BCUT2D eigenvalue weighted by Crippen LogP contribution is -2.47. The summed E-state index contributed by atoms with van der Waals surface area (Å²) >= 11 is 3.50. The number of nitrogens with zero attached hydrogens (tertiary/aromatic N) is 6. The largest absolute Gasteiger partial charge is 0.490 e. The van der Waals surface area contributed by atoms with Crippen LogP contribution in [0.5, 0.6) is 11.5 Å². The third-order valence-corrected chi connectivity index (χ3v) is 14.4. The highest BCUT2D eigenvalue weighted by atomic mass is 79.9. The van der Waals surface area contributed by atoms with E-state index in [-0.39, 0.29) is 35.9 Å². The number of hydrogen-bond acceptors (Lipinski definition) is 11. The van der Waals surface area contributed by atoms with Crippen molar-refractivity contribution in [3.63, 3.8) is 0 Å². The molecule has 4 aliphatic heterocycles. The maximum atomic E-state index is 13.5. The molecular formula is C50H54BBrN8O6. The second-order valence-corrected chi connectivity index (χ2v) is 18.9. The molecule has 4 aromatic rings. The molecule has 4 unspecified atom stereocenters. The lowest BCUT2D eigenvalue weighted by atomic mass is 9.74. The first-order valence-corrected chi connectivity index (χ1v) is 23.4. The minimum atomic E-state index is -1.50. The quantitative estimate of drug-likeness (QED) is 0.122. The van der Waals surface area contributed by atoms with Gasteiger partial charge in [-0.15, -0.1) is 0 Å². The van der Waals surface area contributed by atoms with Crippen LogP contribution in [0.4, 0.5) is 5.69 Å². The summed E-state index contributed by atoms with van der Waals surface area (Å²) < 4.78 is 13.7. The summed E-state index contributed by atoms with van der Waals surface area (Å²) in [6.07, 6.45) is 13.1. The molecule has 16 heteroatoms. The van der Waals surface area contributed by atoms with E-state index in [0.29, 0.717) is 47.1 Å². The lowest BCUT2D eigenvalue weighted by molar-refractivity contribution is -0.133. The average molecular weight is 954 g/mol. The second kappa shape index (κ2) is 19.3. The zero-order chi connectivity index (χ0) is 46.8. The smallest absolute Gasteiger partial charge is 0.488 e. The van der Waals surface area contributed by atoms with Gasteiger partial charge in [0, 0.05) is 42.5 Å². The monoisotopic (exact) mass is 952 g/mol. The van der Waals surface area contributed by atoms with Gasteiger partial charge in [0.15, 0.2) is 28.7 Å². The molecule has 340 valence electrons. The zero-order valence-corrected chi connectivity index (χ0v) is 38.8. The fourth-order valence-electron chi connectivity index (χ4n) is 10.4. The number of amides is 2. The van der Waals surface area contributed by atoms with E-state index in [1.165, 1.54) is 54.4 Å².